The van der Waals surface area contributed by atoms with Crippen molar-refractivity contribution in [1.82, 2.24) is 25.6 Å². The van der Waals surface area contributed by atoms with Crippen molar-refractivity contribution in [3.63, 3.8) is 0 Å². The van der Waals surface area contributed by atoms with Crippen molar-refractivity contribution in [1.29, 1.82) is 0 Å². The normalized spacial score (nSPS) is 17.6. The second-order valence-corrected chi connectivity index (χ2v) is 5.27. The van der Waals surface area contributed by atoms with E-state index in [1.165, 1.54) is 0 Å². The van der Waals surface area contributed by atoms with E-state index in [4.69, 9.17) is 0 Å². The summed E-state index contributed by atoms with van der Waals surface area (Å²) < 4.78 is 0. The predicted octanol–water partition coefficient (Wildman–Crippen LogP) is 1.74. The van der Waals surface area contributed by atoms with E-state index in [1.54, 1.807) is 6.20 Å². The molecule has 1 aliphatic carbocycles. The van der Waals surface area contributed by atoms with Gasteiger partial charge in [-0.15, -0.1) is 0 Å². The minimum absolute atomic E-state index is 0.000180. The number of rotatable bonds is 2. The lowest BCUT2D eigenvalue weighted by Gasteiger charge is -2.21. The Labute approximate surface area is 120 Å². The van der Waals surface area contributed by atoms with Crippen molar-refractivity contribution in [2.24, 2.45) is 0 Å². The van der Waals surface area contributed by atoms with Crippen molar-refractivity contribution < 1.29 is 4.79 Å². The van der Waals surface area contributed by atoms with Gasteiger partial charge in [0.25, 0.3) is 0 Å². The van der Waals surface area contributed by atoms with Crippen LogP contribution in [0.4, 0.5) is 5.69 Å². The molecule has 1 aromatic carbocycles. The fraction of sp³-hybridized carbons (Fsp3) is 0.286. The van der Waals surface area contributed by atoms with Gasteiger partial charge in [-0.05, 0) is 37.5 Å². The van der Waals surface area contributed by atoms with E-state index >= 15 is 0 Å². The molecule has 3 aromatic rings. The van der Waals surface area contributed by atoms with Gasteiger partial charge in [-0.25, -0.2) is 0 Å². The Morgan fingerprint density at radius 3 is 3.14 bits per heavy atom. The highest BCUT2D eigenvalue weighted by Crippen LogP contribution is 2.31. The molecule has 0 spiro atoms. The van der Waals surface area contributed by atoms with Gasteiger partial charge in [-0.3, -0.25) is 9.89 Å². The first kappa shape index (κ1) is 12.1. The molecular weight excluding hydrogens is 268 g/mol. The molecular formula is C14H14N6O. The smallest absolute Gasteiger partial charge is 0.232 e. The predicted molar refractivity (Wildman–Crippen MR) is 76.8 cm³/mol. The number of nitrogens with zero attached hydrogens (tertiary/aromatic N) is 3. The molecule has 2 heterocycles. The van der Waals surface area contributed by atoms with Crippen LogP contribution in [0.1, 0.15) is 30.0 Å². The monoisotopic (exact) mass is 282 g/mol. The minimum atomic E-state index is -0.138. The SMILES string of the molecule is O=C(Nc1ccc2n[nH]nc2c1)[C@@H]1CCCc2[nH]ncc21. The van der Waals surface area contributed by atoms with Crippen LogP contribution in [-0.4, -0.2) is 31.5 Å². The summed E-state index contributed by atoms with van der Waals surface area (Å²) in [5.74, 6) is -0.138. The summed E-state index contributed by atoms with van der Waals surface area (Å²) in [5.41, 5.74) is 4.34. The second kappa shape index (κ2) is 4.69. The van der Waals surface area contributed by atoms with Crippen LogP contribution in [0.5, 0.6) is 0 Å². The number of hydrogen-bond donors (Lipinski definition) is 3. The summed E-state index contributed by atoms with van der Waals surface area (Å²) in [6.45, 7) is 0. The Morgan fingerprint density at radius 2 is 2.19 bits per heavy atom. The van der Waals surface area contributed by atoms with Gasteiger partial charge in [0.1, 0.15) is 11.0 Å². The Balaban J connectivity index is 1.58. The molecule has 1 amide bonds. The summed E-state index contributed by atoms with van der Waals surface area (Å²) >= 11 is 0. The Bertz CT molecular complexity index is 805. The van der Waals surface area contributed by atoms with Crippen LogP contribution in [0.15, 0.2) is 24.4 Å². The molecule has 0 unspecified atom stereocenters. The first-order valence-corrected chi connectivity index (χ1v) is 6.95. The number of fused-ring (bicyclic) bond motifs is 2. The number of aryl methyl sites for hydroxylation is 1. The molecule has 106 valence electrons. The van der Waals surface area contributed by atoms with Crippen LogP contribution >= 0.6 is 0 Å². The van der Waals surface area contributed by atoms with E-state index in [-0.39, 0.29) is 11.8 Å². The fourth-order valence-electron chi connectivity index (χ4n) is 2.88. The molecule has 0 radical (unpaired) electrons. The average Bonchev–Trinajstić information content (AvgIpc) is 3.14. The Morgan fingerprint density at radius 1 is 1.29 bits per heavy atom. The summed E-state index contributed by atoms with van der Waals surface area (Å²) in [4.78, 5) is 12.5. The minimum Gasteiger partial charge on any atom is -0.325 e. The van der Waals surface area contributed by atoms with E-state index in [2.05, 4.69) is 30.9 Å². The maximum atomic E-state index is 12.5. The standard InChI is InChI=1S/C14H14N6O/c21-14(9-2-1-3-11-10(9)7-15-17-11)16-8-4-5-12-13(6-8)19-20-18-12/h4-7,9H,1-3H2,(H,15,17)(H,16,21)(H,18,19,20)/t9-/m1/s1. The topological polar surface area (TPSA) is 99.4 Å². The first-order valence-electron chi connectivity index (χ1n) is 6.95. The van der Waals surface area contributed by atoms with E-state index in [0.29, 0.717) is 0 Å². The zero-order valence-electron chi connectivity index (χ0n) is 11.3. The molecule has 7 heteroatoms. The van der Waals surface area contributed by atoms with Crippen LogP contribution in [0.3, 0.4) is 0 Å². The Kier molecular flexibility index (Phi) is 2.70. The van der Waals surface area contributed by atoms with Gasteiger partial charge in [0, 0.05) is 16.9 Å². The fourth-order valence-corrected chi connectivity index (χ4v) is 2.88. The third-order valence-electron chi connectivity index (χ3n) is 3.95. The summed E-state index contributed by atoms with van der Waals surface area (Å²) in [7, 11) is 0. The molecule has 0 saturated carbocycles. The molecule has 0 fully saturated rings. The number of carbonyl (C=O) groups is 1. The van der Waals surface area contributed by atoms with Gasteiger partial charge >= 0.3 is 0 Å². The van der Waals surface area contributed by atoms with Gasteiger partial charge in [0.15, 0.2) is 0 Å². The van der Waals surface area contributed by atoms with Crippen LogP contribution < -0.4 is 5.32 Å². The van der Waals surface area contributed by atoms with Crippen molar-refractivity contribution in [3.05, 3.63) is 35.7 Å². The maximum Gasteiger partial charge on any atom is 0.232 e. The zero-order valence-corrected chi connectivity index (χ0v) is 11.3. The van der Waals surface area contributed by atoms with Gasteiger partial charge in [0.2, 0.25) is 5.91 Å². The van der Waals surface area contributed by atoms with E-state index in [9.17, 15) is 4.79 Å². The van der Waals surface area contributed by atoms with Crippen LogP contribution in [-0.2, 0) is 11.2 Å². The molecule has 3 N–H and O–H groups in total. The van der Waals surface area contributed by atoms with Gasteiger partial charge in [-0.1, -0.05) is 0 Å². The lowest BCUT2D eigenvalue weighted by atomic mass is 9.86. The number of anilines is 1. The van der Waals surface area contributed by atoms with E-state index in [0.717, 1.165) is 47.2 Å². The number of benzene rings is 1. The van der Waals surface area contributed by atoms with Crippen molar-refractivity contribution in [3.8, 4) is 0 Å². The average molecular weight is 282 g/mol. The molecule has 21 heavy (non-hydrogen) atoms. The first-order chi connectivity index (χ1) is 10.3. The van der Waals surface area contributed by atoms with Crippen LogP contribution in [0, 0.1) is 0 Å². The molecule has 0 bridgehead atoms. The number of carbonyl (C=O) groups excluding carboxylic acids is 1. The lowest BCUT2D eigenvalue weighted by molar-refractivity contribution is -0.117. The van der Waals surface area contributed by atoms with Crippen molar-refractivity contribution in [2.75, 3.05) is 5.32 Å². The number of amides is 1. The number of aromatic amines is 2. The van der Waals surface area contributed by atoms with Gasteiger partial charge in [0.05, 0.1) is 12.1 Å². The molecule has 1 atom stereocenters. The molecule has 0 saturated heterocycles. The number of aromatic nitrogens is 5. The lowest BCUT2D eigenvalue weighted by Crippen LogP contribution is -2.24. The largest absolute Gasteiger partial charge is 0.325 e. The highest BCUT2D eigenvalue weighted by atomic mass is 16.1. The second-order valence-electron chi connectivity index (χ2n) is 5.27. The highest BCUT2D eigenvalue weighted by Gasteiger charge is 2.27. The molecule has 0 aliphatic heterocycles. The molecule has 4 rings (SSSR count). The summed E-state index contributed by atoms with van der Waals surface area (Å²) in [6, 6.07) is 5.48. The summed E-state index contributed by atoms with van der Waals surface area (Å²) in [6.07, 6.45) is 4.57. The van der Waals surface area contributed by atoms with Gasteiger partial charge < -0.3 is 5.32 Å². The van der Waals surface area contributed by atoms with Gasteiger partial charge in [-0.2, -0.15) is 20.5 Å². The van der Waals surface area contributed by atoms with Crippen molar-refractivity contribution >= 4 is 22.6 Å². The third-order valence-corrected chi connectivity index (χ3v) is 3.95. The molecule has 1 aliphatic rings. The number of nitrogens with one attached hydrogen (secondary N) is 3. The number of H-pyrrole nitrogens is 2. The maximum absolute atomic E-state index is 12.5. The third kappa shape index (κ3) is 2.06. The number of hydrogen-bond acceptors (Lipinski definition) is 4. The van der Waals surface area contributed by atoms with Crippen LogP contribution in [0.2, 0.25) is 0 Å². The Hall–Kier alpha value is -2.70. The zero-order chi connectivity index (χ0) is 14.2. The molecule has 7 nitrogen and oxygen atoms in total. The van der Waals surface area contributed by atoms with Crippen LogP contribution in [0.25, 0.3) is 11.0 Å². The van der Waals surface area contributed by atoms with E-state index < -0.39 is 0 Å². The summed E-state index contributed by atoms with van der Waals surface area (Å²) in [5, 5.41) is 20.6. The van der Waals surface area contributed by atoms with Crippen molar-refractivity contribution in [2.45, 2.75) is 25.2 Å². The molecule has 2 aromatic heterocycles. The quantitative estimate of drug-likeness (QED) is 0.666. The highest BCUT2D eigenvalue weighted by molar-refractivity contribution is 5.97. The van der Waals surface area contributed by atoms with E-state index in [1.807, 2.05) is 18.2 Å².